The number of anilines is 5. The fraction of sp³-hybridized carbons (Fsp3) is 0.426. The molecule has 72 heavy (non-hydrogen) atoms. The topological polar surface area (TPSA) is 266 Å². The van der Waals surface area contributed by atoms with E-state index in [-0.39, 0.29) is 29.5 Å². The fourth-order valence-electron chi connectivity index (χ4n) is 7.58. The van der Waals surface area contributed by atoms with E-state index in [0.29, 0.717) is 92.1 Å². The van der Waals surface area contributed by atoms with Crippen molar-refractivity contribution < 1.29 is 33.6 Å². The minimum absolute atomic E-state index is 0.00762. The van der Waals surface area contributed by atoms with Crippen LogP contribution in [0.3, 0.4) is 0 Å². The van der Waals surface area contributed by atoms with E-state index >= 15 is 0 Å². The van der Waals surface area contributed by atoms with Gasteiger partial charge in [-0.3, -0.25) is 4.57 Å². The second kappa shape index (κ2) is 25.1. The average molecular weight is 1010 g/mol. The van der Waals surface area contributed by atoms with E-state index in [2.05, 4.69) is 73.9 Å². The van der Waals surface area contributed by atoms with Crippen molar-refractivity contribution in [3.05, 3.63) is 77.2 Å². The lowest BCUT2D eigenvalue weighted by atomic mass is 10.1. The van der Waals surface area contributed by atoms with Crippen LogP contribution in [0.4, 0.5) is 33.6 Å². The van der Waals surface area contributed by atoms with Crippen molar-refractivity contribution in [2.24, 2.45) is 7.05 Å². The van der Waals surface area contributed by atoms with Gasteiger partial charge in [-0.15, -0.1) is 5.10 Å². The van der Waals surface area contributed by atoms with Crippen LogP contribution in [0.25, 0.3) is 33.3 Å². The fourth-order valence-corrected chi connectivity index (χ4v) is 7.80. The molecule has 0 radical (unpaired) electrons. The molecule has 0 fully saturated rings. The highest BCUT2D eigenvalue weighted by Gasteiger charge is 2.25. The summed E-state index contributed by atoms with van der Waals surface area (Å²) in [5.41, 5.74) is 10.7. The van der Waals surface area contributed by atoms with Gasteiger partial charge in [-0.05, 0) is 50.9 Å². The molecule has 0 aliphatic heterocycles. The predicted molar refractivity (Wildman–Crippen MR) is 278 cm³/mol. The zero-order valence-corrected chi connectivity index (χ0v) is 42.1. The van der Waals surface area contributed by atoms with Gasteiger partial charge in [0.1, 0.15) is 17.0 Å². The Bertz CT molecular complexity index is 3010. The second-order valence-electron chi connectivity index (χ2n) is 16.8. The standard InChI is InChI=1S/C47H62N16O8S/c1-7-8-19-71-44-54-41(48)40-42(55-44)62(46(64)63(40)47(65)66)29-31-28-61(57-56-31)18-21-69-23-25-70-24-22-68-20-15-50-45(72)53-35-26-36(39(67-6)27-38(35)59(4)17-16-58(2)3)52-43-49-14-13-34(51-43)33-30-60(5)37-12-10-9-11-32(33)37/h9-14,26-28,30H,7-8,15-25,29H2,1-6H3,(H,65,66)(H2,48,54,55)(H,49,51,52)(H2,50,53,72). The second-order valence-corrected chi connectivity index (χ2v) is 17.2. The van der Waals surface area contributed by atoms with Gasteiger partial charge in [0.25, 0.3) is 0 Å². The Labute approximate surface area is 421 Å². The summed E-state index contributed by atoms with van der Waals surface area (Å²) in [5.74, 6) is 0.834. The highest BCUT2D eigenvalue weighted by atomic mass is 32.1. The minimum Gasteiger partial charge on any atom is -0.494 e. The molecule has 0 bridgehead atoms. The maximum Gasteiger partial charge on any atom is 0.420 e. The predicted octanol–water partition coefficient (Wildman–Crippen LogP) is 4.26. The maximum absolute atomic E-state index is 13.2. The number of imidazole rings is 1. The zero-order chi connectivity index (χ0) is 51.1. The highest BCUT2D eigenvalue weighted by molar-refractivity contribution is 7.80. The molecule has 384 valence electrons. The summed E-state index contributed by atoms with van der Waals surface area (Å²) < 4.78 is 33.9. The van der Waals surface area contributed by atoms with Crippen molar-refractivity contribution in [1.82, 2.24) is 58.8 Å². The number of aromatic nitrogens is 10. The summed E-state index contributed by atoms with van der Waals surface area (Å²) in [5, 5.41) is 29.5. The summed E-state index contributed by atoms with van der Waals surface area (Å²) in [6.45, 7) is 6.81. The van der Waals surface area contributed by atoms with Gasteiger partial charge in [0.05, 0.1) is 95.4 Å². The van der Waals surface area contributed by atoms with E-state index in [4.69, 9.17) is 46.6 Å². The summed E-state index contributed by atoms with van der Waals surface area (Å²) in [4.78, 5) is 47.2. The van der Waals surface area contributed by atoms with E-state index in [1.165, 1.54) is 0 Å². The molecule has 0 unspecified atom stereocenters. The Balaban J connectivity index is 0.835. The number of methoxy groups -OCH3 is 1. The van der Waals surface area contributed by atoms with Crippen molar-refractivity contribution in [3.63, 3.8) is 0 Å². The number of para-hydroxylation sites is 1. The number of unbranched alkanes of at least 4 members (excludes halogenated alkanes) is 1. The first-order valence-electron chi connectivity index (χ1n) is 23.4. The monoisotopic (exact) mass is 1010 g/mol. The van der Waals surface area contributed by atoms with Gasteiger partial charge >= 0.3 is 17.8 Å². The molecular formula is C47H62N16O8S. The van der Waals surface area contributed by atoms with Gasteiger partial charge < -0.3 is 64.8 Å². The lowest BCUT2D eigenvalue weighted by Crippen LogP contribution is -2.33. The van der Waals surface area contributed by atoms with E-state index in [0.717, 1.165) is 64.0 Å². The van der Waals surface area contributed by atoms with Gasteiger partial charge in [-0.2, -0.15) is 14.5 Å². The molecule has 0 aliphatic carbocycles. The number of likely N-dealkylation sites (N-methyl/N-ethyl adjacent to an activating group) is 2. The molecular weight excluding hydrogens is 949 g/mol. The van der Waals surface area contributed by atoms with Crippen LogP contribution in [0.1, 0.15) is 25.5 Å². The first kappa shape index (κ1) is 52.4. The zero-order valence-electron chi connectivity index (χ0n) is 41.3. The number of rotatable bonds is 27. The van der Waals surface area contributed by atoms with Crippen molar-refractivity contribution in [1.29, 1.82) is 0 Å². The van der Waals surface area contributed by atoms with Crippen molar-refractivity contribution >= 4 is 74.3 Å². The Morgan fingerprint density at radius 3 is 2.44 bits per heavy atom. The molecule has 5 aromatic heterocycles. The number of nitrogens with zero attached hydrogens (tertiary/aromatic N) is 12. The Morgan fingerprint density at radius 1 is 0.931 bits per heavy atom. The van der Waals surface area contributed by atoms with E-state index in [9.17, 15) is 14.7 Å². The Morgan fingerprint density at radius 2 is 1.69 bits per heavy atom. The average Bonchev–Trinajstić information content (AvgIpc) is 4.04. The number of fused-ring (bicyclic) bond motifs is 2. The van der Waals surface area contributed by atoms with E-state index in [1.807, 2.05) is 65.4 Å². The van der Waals surface area contributed by atoms with Gasteiger partial charge in [0, 0.05) is 68.7 Å². The van der Waals surface area contributed by atoms with Crippen LogP contribution in [0.15, 0.2) is 65.8 Å². The molecule has 0 amide bonds. The first-order chi connectivity index (χ1) is 34.8. The SMILES string of the molecule is CCCCOc1nc(N)c2c(n1)n(Cc1cn(CCOCCOCCOCCNC(=S)Nc3cc(Nc4nccc(-c5cn(C)c6ccccc56)n4)c(OC)cc3N(C)CCN(C)C)nn1)c(=O)n2C(=O)O. The molecule has 0 atom stereocenters. The van der Waals surface area contributed by atoms with Crippen LogP contribution in [0, 0.1) is 0 Å². The van der Waals surface area contributed by atoms with Crippen LogP contribution in [-0.2, 0) is 34.3 Å². The third-order valence-electron chi connectivity index (χ3n) is 11.3. The van der Waals surface area contributed by atoms with Crippen molar-refractivity contribution in [3.8, 4) is 23.0 Å². The summed E-state index contributed by atoms with van der Waals surface area (Å²) in [6.07, 6.45) is 5.57. The lowest BCUT2D eigenvalue weighted by Gasteiger charge is -2.26. The number of aryl methyl sites for hydroxylation is 1. The summed E-state index contributed by atoms with van der Waals surface area (Å²) >= 11 is 5.74. The van der Waals surface area contributed by atoms with E-state index in [1.54, 1.807) is 24.2 Å². The largest absolute Gasteiger partial charge is 0.494 e. The molecule has 6 N–H and O–H groups in total. The van der Waals surface area contributed by atoms with Gasteiger partial charge in [-0.1, -0.05) is 36.8 Å². The van der Waals surface area contributed by atoms with E-state index < -0.39 is 11.8 Å². The smallest absolute Gasteiger partial charge is 0.420 e. The molecule has 24 nitrogen and oxygen atoms in total. The van der Waals surface area contributed by atoms with Crippen molar-refractivity contribution in [2.75, 3.05) is 115 Å². The number of thiocarbonyl (C=S) groups is 1. The highest BCUT2D eigenvalue weighted by Crippen LogP contribution is 2.38. The van der Waals surface area contributed by atoms with Crippen LogP contribution in [0.5, 0.6) is 11.8 Å². The molecule has 0 saturated heterocycles. The number of nitrogen functional groups attached to an aromatic ring is 1. The molecule has 7 rings (SSSR count). The van der Waals surface area contributed by atoms with Crippen LogP contribution in [-0.4, -0.2) is 164 Å². The van der Waals surface area contributed by atoms with Crippen LogP contribution >= 0.6 is 12.2 Å². The third-order valence-corrected chi connectivity index (χ3v) is 11.5. The number of benzene rings is 2. The number of hydrogen-bond acceptors (Lipinski definition) is 18. The maximum atomic E-state index is 13.2. The minimum atomic E-state index is -1.52. The van der Waals surface area contributed by atoms with Gasteiger partial charge in [0.15, 0.2) is 16.6 Å². The van der Waals surface area contributed by atoms with Gasteiger partial charge in [-0.25, -0.2) is 24.2 Å². The number of nitrogens with two attached hydrogens (primary N) is 1. The number of carboxylic acid groups (broad SMARTS) is 1. The van der Waals surface area contributed by atoms with Crippen molar-refractivity contribution in [2.45, 2.75) is 32.9 Å². The molecule has 25 heteroatoms. The quantitative estimate of drug-likeness (QED) is 0.0356. The molecule has 0 aliphatic rings. The van der Waals surface area contributed by atoms with Crippen LogP contribution in [0.2, 0.25) is 0 Å². The Hall–Kier alpha value is -7.45. The Kier molecular flexibility index (Phi) is 18.3. The molecule has 7 aromatic rings. The molecule has 2 aromatic carbocycles. The summed E-state index contributed by atoms with van der Waals surface area (Å²) in [7, 11) is 9.75. The first-order valence-corrected chi connectivity index (χ1v) is 23.8. The number of hydrogen-bond donors (Lipinski definition) is 5. The molecule has 0 spiro atoms. The normalized spacial score (nSPS) is 11.4. The lowest BCUT2D eigenvalue weighted by molar-refractivity contribution is 0.0137. The number of ether oxygens (including phenoxy) is 5. The number of nitrogens with one attached hydrogen (secondary N) is 3. The molecule has 0 saturated carbocycles. The summed E-state index contributed by atoms with van der Waals surface area (Å²) in [6, 6.07) is 14.0. The van der Waals surface area contributed by atoms with Crippen LogP contribution < -0.4 is 41.7 Å². The third kappa shape index (κ3) is 13.3. The van der Waals surface area contributed by atoms with Gasteiger partial charge in [0.2, 0.25) is 5.95 Å². The molecule has 5 heterocycles. The number of carbonyl (C=O) groups is 1.